The summed E-state index contributed by atoms with van der Waals surface area (Å²) in [5.74, 6) is 1.22. The molecule has 0 radical (unpaired) electrons. The third kappa shape index (κ3) is 1.74. The first-order valence-corrected chi connectivity index (χ1v) is 5.49. The van der Waals surface area contributed by atoms with Crippen LogP contribution in [0.5, 0.6) is 5.75 Å². The van der Waals surface area contributed by atoms with E-state index in [1.165, 1.54) is 0 Å². The first-order valence-electron chi connectivity index (χ1n) is 5.49. The molecule has 15 heavy (non-hydrogen) atoms. The standard InChI is InChI=1S/C13H18O2/c1-9(2)13(3)8-11(14)10-6-4-5-7-12(10)15-13/h4-7,9,11,14H,8H2,1-3H3/t11-,13?/m1/s1. The van der Waals surface area contributed by atoms with Gasteiger partial charge in [-0.2, -0.15) is 0 Å². The monoisotopic (exact) mass is 206 g/mol. The number of aliphatic hydroxyl groups is 1. The highest BCUT2D eigenvalue weighted by molar-refractivity contribution is 5.37. The van der Waals surface area contributed by atoms with E-state index in [0.717, 1.165) is 11.3 Å². The number of rotatable bonds is 1. The number of fused-ring (bicyclic) bond motifs is 1. The summed E-state index contributed by atoms with van der Waals surface area (Å²) in [7, 11) is 0. The summed E-state index contributed by atoms with van der Waals surface area (Å²) in [6.07, 6.45) is 0.268. The Morgan fingerprint density at radius 1 is 1.40 bits per heavy atom. The van der Waals surface area contributed by atoms with Gasteiger partial charge in [-0.3, -0.25) is 0 Å². The lowest BCUT2D eigenvalue weighted by Crippen LogP contribution is -2.42. The molecule has 0 aromatic heterocycles. The van der Waals surface area contributed by atoms with Gasteiger partial charge in [0.15, 0.2) is 0 Å². The van der Waals surface area contributed by atoms with E-state index in [2.05, 4.69) is 20.8 Å². The minimum Gasteiger partial charge on any atom is -0.487 e. The van der Waals surface area contributed by atoms with Crippen LogP contribution >= 0.6 is 0 Å². The van der Waals surface area contributed by atoms with Crippen molar-refractivity contribution in [3.63, 3.8) is 0 Å². The van der Waals surface area contributed by atoms with Crippen molar-refractivity contribution in [2.45, 2.75) is 38.9 Å². The molecule has 82 valence electrons. The fraction of sp³-hybridized carbons (Fsp3) is 0.538. The van der Waals surface area contributed by atoms with E-state index in [0.29, 0.717) is 12.3 Å². The van der Waals surface area contributed by atoms with Crippen molar-refractivity contribution in [3.8, 4) is 5.75 Å². The lowest BCUT2D eigenvalue weighted by atomic mass is 9.82. The van der Waals surface area contributed by atoms with Crippen LogP contribution in [-0.4, -0.2) is 10.7 Å². The van der Waals surface area contributed by atoms with Gasteiger partial charge in [0.25, 0.3) is 0 Å². The molecule has 0 saturated heterocycles. The SMILES string of the molecule is CC(C)C1(C)C[C@@H](O)c2ccccc2O1. The highest BCUT2D eigenvalue weighted by Gasteiger charge is 2.38. The Morgan fingerprint density at radius 3 is 2.73 bits per heavy atom. The van der Waals surface area contributed by atoms with E-state index in [4.69, 9.17) is 4.74 Å². The van der Waals surface area contributed by atoms with Crippen molar-refractivity contribution in [3.05, 3.63) is 29.8 Å². The van der Waals surface area contributed by atoms with Gasteiger partial charge < -0.3 is 9.84 Å². The summed E-state index contributed by atoms with van der Waals surface area (Å²) < 4.78 is 5.99. The second kappa shape index (κ2) is 3.53. The molecule has 1 aromatic carbocycles. The molecule has 1 aromatic rings. The molecule has 1 unspecified atom stereocenters. The predicted octanol–water partition coefficient (Wildman–Crippen LogP) is 2.92. The molecule has 0 aliphatic carbocycles. The average Bonchev–Trinajstić information content (AvgIpc) is 2.17. The van der Waals surface area contributed by atoms with Gasteiger partial charge in [-0.05, 0) is 18.9 Å². The molecule has 2 rings (SSSR count). The summed E-state index contributed by atoms with van der Waals surface area (Å²) in [6, 6.07) is 7.74. The largest absolute Gasteiger partial charge is 0.487 e. The molecule has 0 amide bonds. The van der Waals surface area contributed by atoms with E-state index in [1.807, 2.05) is 24.3 Å². The smallest absolute Gasteiger partial charge is 0.125 e. The van der Waals surface area contributed by atoms with Crippen molar-refractivity contribution in [1.29, 1.82) is 0 Å². The zero-order chi connectivity index (χ0) is 11.1. The Kier molecular flexibility index (Phi) is 2.47. The molecule has 0 bridgehead atoms. The highest BCUT2D eigenvalue weighted by Crippen LogP contribution is 2.42. The molecule has 0 saturated carbocycles. The fourth-order valence-corrected chi connectivity index (χ4v) is 1.99. The van der Waals surface area contributed by atoms with Gasteiger partial charge >= 0.3 is 0 Å². The van der Waals surface area contributed by atoms with Gasteiger partial charge in [0.2, 0.25) is 0 Å². The van der Waals surface area contributed by atoms with Crippen LogP contribution in [0.3, 0.4) is 0 Å². The van der Waals surface area contributed by atoms with Crippen LogP contribution in [0.15, 0.2) is 24.3 Å². The first kappa shape index (κ1) is 10.5. The van der Waals surface area contributed by atoms with Crippen molar-refractivity contribution < 1.29 is 9.84 Å². The van der Waals surface area contributed by atoms with E-state index in [-0.39, 0.29) is 5.60 Å². The lowest BCUT2D eigenvalue weighted by Gasteiger charge is -2.41. The number of hydrogen-bond acceptors (Lipinski definition) is 2. The topological polar surface area (TPSA) is 29.5 Å². The Labute approximate surface area is 90.9 Å². The van der Waals surface area contributed by atoms with E-state index < -0.39 is 6.10 Å². The summed E-state index contributed by atoms with van der Waals surface area (Å²) in [4.78, 5) is 0. The fourth-order valence-electron chi connectivity index (χ4n) is 1.99. The van der Waals surface area contributed by atoms with Crippen LogP contribution in [0.2, 0.25) is 0 Å². The highest BCUT2D eigenvalue weighted by atomic mass is 16.5. The van der Waals surface area contributed by atoms with E-state index in [9.17, 15) is 5.11 Å². The maximum absolute atomic E-state index is 10.1. The molecule has 1 heterocycles. The molecule has 1 aliphatic heterocycles. The van der Waals surface area contributed by atoms with Crippen molar-refractivity contribution in [2.24, 2.45) is 5.92 Å². The molecule has 0 spiro atoms. The van der Waals surface area contributed by atoms with E-state index in [1.54, 1.807) is 0 Å². The van der Waals surface area contributed by atoms with Crippen molar-refractivity contribution >= 4 is 0 Å². The minimum atomic E-state index is -0.401. The molecule has 0 fully saturated rings. The number of ether oxygens (including phenoxy) is 1. The number of aliphatic hydroxyl groups excluding tert-OH is 1. The molecule has 1 N–H and O–H groups in total. The summed E-state index contributed by atoms with van der Waals surface area (Å²) in [5, 5.41) is 10.1. The third-order valence-corrected chi connectivity index (χ3v) is 3.44. The Hall–Kier alpha value is -1.02. The van der Waals surface area contributed by atoms with Crippen LogP contribution in [-0.2, 0) is 0 Å². The zero-order valence-corrected chi connectivity index (χ0v) is 9.53. The van der Waals surface area contributed by atoms with Crippen molar-refractivity contribution in [1.82, 2.24) is 0 Å². The van der Waals surface area contributed by atoms with E-state index >= 15 is 0 Å². The minimum absolute atomic E-state index is 0.256. The summed E-state index contributed by atoms with van der Waals surface area (Å²) >= 11 is 0. The van der Waals surface area contributed by atoms with Crippen LogP contribution < -0.4 is 4.74 Å². The Morgan fingerprint density at radius 2 is 2.07 bits per heavy atom. The summed E-state index contributed by atoms with van der Waals surface area (Å²) in [5.41, 5.74) is 0.656. The van der Waals surface area contributed by atoms with Gasteiger partial charge in [-0.1, -0.05) is 32.0 Å². The molecule has 2 heteroatoms. The maximum atomic E-state index is 10.1. The zero-order valence-electron chi connectivity index (χ0n) is 9.53. The maximum Gasteiger partial charge on any atom is 0.125 e. The lowest BCUT2D eigenvalue weighted by molar-refractivity contribution is -0.0321. The first-order chi connectivity index (χ1) is 7.03. The predicted molar refractivity (Wildman–Crippen MR) is 59.9 cm³/mol. The molecular formula is C13H18O2. The third-order valence-electron chi connectivity index (χ3n) is 3.44. The number of hydrogen-bond donors (Lipinski definition) is 1. The second-order valence-corrected chi connectivity index (χ2v) is 4.83. The molecule has 2 atom stereocenters. The molecule has 1 aliphatic rings. The van der Waals surface area contributed by atoms with Gasteiger partial charge in [0.05, 0.1) is 6.10 Å². The number of para-hydroxylation sites is 1. The van der Waals surface area contributed by atoms with Crippen LogP contribution in [0.1, 0.15) is 38.9 Å². The number of benzene rings is 1. The van der Waals surface area contributed by atoms with Crippen LogP contribution in [0.4, 0.5) is 0 Å². The molecule has 2 nitrogen and oxygen atoms in total. The van der Waals surface area contributed by atoms with Gasteiger partial charge in [0, 0.05) is 12.0 Å². The quantitative estimate of drug-likeness (QED) is 0.765. The normalized spacial score (nSPS) is 29.8. The van der Waals surface area contributed by atoms with Gasteiger partial charge in [0.1, 0.15) is 11.4 Å². The van der Waals surface area contributed by atoms with Gasteiger partial charge in [-0.25, -0.2) is 0 Å². The summed E-state index contributed by atoms with van der Waals surface area (Å²) in [6.45, 7) is 6.32. The van der Waals surface area contributed by atoms with Crippen molar-refractivity contribution in [2.75, 3.05) is 0 Å². The average molecular weight is 206 g/mol. The second-order valence-electron chi connectivity index (χ2n) is 4.83. The van der Waals surface area contributed by atoms with Gasteiger partial charge in [-0.15, -0.1) is 0 Å². The van der Waals surface area contributed by atoms with Crippen LogP contribution in [0, 0.1) is 5.92 Å². The Balaban J connectivity index is 2.38. The molecular weight excluding hydrogens is 188 g/mol. The van der Waals surface area contributed by atoms with Crippen LogP contribution in [0.25, 0.3) is 0 Å². The Bertz CT molecular complexity index is 359.